The fraction of sp³-hybridized carbons (Fsp3) is 0.846. The smallest absolute Gasteiger partial charge is 0.393 e. The van der Waals surface area contributed by atoms with Gasteiger partial charge in [0.2, 0.25) is 0 Å². The number of alkyl halides is 3. The molecule has 2 N–H and O–H groups in total. The fourth-order valence-electron chi connectivity index (χ4n) is 3.08. The molecule has 0 bridgehead atoms. The van der Waals surface area contributed by atoms with Crippen LogP contribution in [0.25, 0.3) is 0 Å². The molecule has 120 valence electrons. The third-order valence-corrected chi connectivity index (χ3v) is 4.38. The number of carboxylic acid groups (broad SMARTS) is 1. The topological polar surface area (TPSA) is 69.6 Å². The summed E-state index contributed by atoms with van der Waals surface area (Å²) < 4.78 is 38.2. The Balaban J connectivity index is 2.01. The molecule has 2 fully saturated rings. The van der Waals surface area contributed by atoms with Crippen molar-refractivity contribution in [2.24, 2.45) is 5.92 Å². The average molecular weight is 308 g/mol. The summed E-state index contributed by atoms with van der Waals surface area (Å²) >= 11 is 0. The van der Waals surface area contributed by atoms with Crippen LogP contribution in [0.3, 0.4) is 0 Å². The molecule has 1 atom stereocenters. The van der Waals surface area contributed by atoms with Crippen LogP contribution in [-0.2, 0) is 4.79 Å². The van der Waals surface area contributed by atoms with Crippen molar-refractivity contribution in [1.29, 1.82) is 0 Å². The first-order valence-corrected chi connectivity index (χ1v) is 7.12. The van der Waals surface area contributed by atoms with Crippen LogP contribution in [0.5, 0.6) is 0 Å². The number of carbonyl (C=O) groups is 2. The van der Waals surface area contributed by atoms with E-state index >= 15 is 0 Å². The summed E-state index contributed by atoms with van der Waals surface area (Å²) in [6.07, 6.45) is -2.00. The lowest BCUT2D eigenvalue weighted by molar-refractivity contribution is -0.184. The quantitative estimate of drug-likeness (QED) is 0.823. The summed E-state index contributed by atoms with van der Waals surface area (Å²) in [6, 6.07) is -0.701. The zero-order valence-electron chi connectivity index (χ0n) is 11.6. The lowest BCUT2D eigenvalue weighted by Crippen LogP contribution is -2.58. The molecule has 0 aromatic heterocycles. The van der Waals surface area contributed by atoms with E-state index in [2.05, 4.69) is 5.32 Å². The summed E-state index contributed by atoms with van der Waals surface area (Å²) in [4.78, 5) is 24.6. The number of nitrogens with one attached hydrogen (secondary N) is 1. The van der Waals surface area contributed by atoms with Crippen molar-refractivity contribution >= 4 is 12.0 Å². The number of nitrogens with zero attached hydrogens (tertiary/aromatic N) is 1. The number of urea groups is 1. The first kappa shape index (κ1) is 15.9. The number of likely N-dealkylation sites (tertiary alicyclic amines) is 1. The second kappa shape index (κ2) is 5.73. The molecule has 2 aliphatic rings. The maximum Gasteiger partial charge on any atom is 0.393 e. The molecular formula is C13H19F3N2O3. The van der Waals surface area contributed by atoms with Crippen LogP contribution in [0.4, 0.5) is 18.0 Å². The van der Waals surface area contributed by atoms with Crippen molar-refractivity contribution in [3.8, 4) is 0 Å². The van der Waals surface area contributed by atoms with Crippen molar-refractivity contribution in [2.75, 3.05) is 13.1 Å². The molecule has 1 aliphatic heterocycles. The Hall–Kier alpha value is -1.47. The van der Waals surface area contributed by atoms with E-state index in [1.54, 1.807) is 0 Å². The number of hydrogen-bond donors (Lipinski definition) is 2. The van der Waals surface area contributed by atoms with Gasteiger partial charge in [-0.15, -0.1) is 0 Å². The Labute approximate surface area is 120 Å². The van der Waals surface area contributed by atoms with Crippen molar-refractivity contribution in [3.05, 3.63) is 0 Å². The van der Waals surface area contributed by atoms with Crippen molar-refractivity contribution in [2.45, 2.75) is 50.2 Å². The predicted molar refractivity (Wildman–Crippen MR) is 67.7 cm³/mol. The molecule has 0 aromatic rings. The summed E-state index contributed by atoms with van der Waals surface area (Å²) in [5, 5.41) is 11.7. The fourth-order valence-corrected chi connectivity index (χ4v) is 3.08. The third kappa shape index (κ3) is 3.41. The number of piperidine rings is 1. The zero-order valence-corrected chi connectivity index (χ0v) is 11.6. The normalized spacial score (nSPS) is 25.7. The molecule has 0 spiro atoms. The first-order chi connectivity index (χ1) is 9.74. The van der Waals surface area contributed by atoms with E-state index in [-0.39, 0.29) is 19.4 Å². The summed E-state index contributed by atoms with van der Waals surface area (Å²) in [5.74, 6) is -2.64. The molecule has 1 heterocycles. The van der Waals surface area contributed by atoms with Crippen molar-refractivity contribution < 1.29 is 27.9 Å². The van der Waals surface area contributed by atoms with E-state index < -0.39 is 36.2 Å². The molecule has 2 amide bonds. The van der Waals surface area contributed by atoms with Gasteiger partial charge in [0.05, 0.1) is 5.92 Å². The van der Waals surface area contributed by atoms with Gasteiger partial charge in [0.15, 0.2) is 0 Å². The molecule has 0 aromatic carbocycles. The van der Waals surface area contributed by atoms with Gasteiger partial charge >= 0.3 is 18.2 Å². The monoisotopic (exact) mass is 308 g/mol. The molecule has 1 unspecified atom stereocenters. The van der Waals surface area contributed by atoms with Gasteiger partial charge in [0, 0.05) is 13.1 Å². The Bertz CT molecular complexity index is 419. The largest absolute Gasteiger partial charge is 0.480 e. The van der Waals surface area contributed by atoms with Crippen molar-refractivity contribution in [1.82, 2.24) is 10.2 Å². The minimum Gasteiger partial charge on any atom is -0.480 e. The van der Waals surface area contributed by atoms with Gasteiger partial charge in [-0.25, -0.2) is 9.59 Å². The Kier molecular flexibility index (Phi) is 4.34. The van der Waals surface area contributed by atoms with E-state index in [1.807, 2.05) is 0 Å². The van der Waals surface area contributed by atoms with Gasteiger partial charge < -0.3 is 15.3 Å². The highest BCUT2D eigenvalue weighted by Gasteiger charge is 2.46. The van der Waals surface area contributed by atoms with Crippen LogP contribution in [-0.4, -0.2) is 46.8 Å². The van der Waals surface area contributed by atoms with E-state index in [0.717, 1.165) is 4.90 Å². The molecule has 2 rings (SSSR count). The van der Waals surface area contributed by atoms with E-state index in [0.29, 0.717) is 25.7 Å². The van der Waals surface area contributed by atoms with Gasteiger partial charge in [0.1, 0.15) is 5.54 Å². The van der Waals surface area contributed by atoms with Gasteiger partial charge in [0.25, 0.3) is 0 Å². The first-order valence-electron chi connectivity index (χ1n) is 7.12. The summed E-state index contributed by atoms with van der Waals surface area (Å²) in [6.45, 7) is -0.168. The number of carboxylic acids is 1. The number of halogens is 3. The lowest BCUT2D eigenvalue weighted by atomic mass is 9.96. The van der Waals surface area contributed by atoms with E-state index in [9.17, 15) is 27.9 Å². The number of hydrogen-bond acceptors (Lipinski definition) is 2. The van der Waals surface area contributed by atoms with E-state index in [4.69, 9.17) is 0 Å². The van der Waals surface area contributed by atoms with Gasteiger partial charge in [-0.1, -0.05) is 12.8 Å². The molecule has 1 saturated carbocycles. The highest BCUT2D eigenvalue weighted by Crippen LogP contribution is 2.34. The number of aliphatic carboxylic acids is 1. The standard InChI is InChI=1S/C13H19F3N2O3/c14-13(15,16)9-4-3-7-18(8-9)11(21)17-12(10(19)20)5-1-2-6-12/h9H,1-8H2,(H,17,21)(H,19,20). The molecule has 21 heavy (non-hydrogen) atoms. The zero-order chi connectivity index (χ0) is 15.7. The molecule has 5 nitrogen and oxygen atoms in total. The predicted octanol–water partition coefficient (Wildman–Crippen LogP) is 2.37. The Morgan fingerprint density at radius 3 is 2.33 bits per heavy atom. The van der Waals surface area contributed by atoms with Crippen LogP contribution >= 0.6 is 0 Å². The third-order valence-electron chi connectivity index (χ3n) is 4.38. The van der Waals surface area contributed by atoms with Crippen LogP contribution < -0.4 is 5.32 Å². The molecule has 8 heteroatoms. The van der Waals surface area contributed by atoms with Gasteiger partial charge in [-0.05, 0) is 25.7 Å². The van der Waals surface area contributed by atoms with Gasteiger partial charge in [-0.3, -0.25) is 0 Å². The molecule has 1 aliphatic carbocycles. The maximum absolute atomic E-state index is 12.7. The van der Waals surface area contributed by atoms with Crippen LogP contribution in [0.2, 0.25) is 0 Å². The van der Waals surface area contributed by atoms with Crippen LogP contribution in [0, 0.1) is 5.92 Å². The minimum atomic E-state index is -4.32. The number of carbonyl (C=O) groups excluding carboxylic acids is 1. The molecule has 0 radical (unpaired) electrons. The average Bonchev–Trinajstić information content (AvgIpc) is 2.88. The highest BCUT2D eigenvalue weighted by atomic mass is 19.4. The summed E-state index contributed by atoms with van der Waals surface area (Å²) in [5.41, 5.74) is -1.32. The number of rotatable bonds is 2. The lowest BCUT2D eigenvalue weighted by Gasteiger charge is -2.36. The Morgan fingerprint density at radius 2 is 1.81 bits per heavy atom. The van der Waals surface area contributed by atoms with E-state index in [1.165, 1.54) is 0 Å². The minimum absolute atomic E-state index is 0.0113. The number of amides is 2. The van der Waals surface area contributed by atoms with Crippen LogP contribution in [0.15, 0.2) is 0 Å². The molecule has 1 saturated heterocycles. The Morgan fingerprint density at radius 1 is 1.19 bits per heavy atom. The van der Waals surface area contributed by atoms with Crippen molar-refractivity contribution in [3.63, 3.8) is 0 Å². The van der Waals surface area contributed by atoms with Gasteiger partial charge in [-0.2, -0.15) is 13.2 Å². The highest BCUT2D eigenvalue weighted by molar-refractivity contribution is 5.86. The second-order valence-corrected chi connectivity index (χ2v) is 5.85. The maximum atomic E-state index is 12.7. The summed E-state index contributed by atoms with van der Waals surface area (Å²) in [7, 11) is 0. The molecular weight excluding hydrogens is 289 g/mol. The second-order valence-electron chi connectivity index (χ2n) is 5.85. The van der Waals surface area contributed by atoms with Crippen LogP contribution in [0.1, 0.15) is 38.5 Å². The SMILES string of the molecule is O=C(NC1(C(=O)O)CCCC1)N1CCCC(C(F)(F)F)C1.